The van der Waals surface area contributed by atoms with Gasteiger partial charge in [0.05, 0.1) is 0 Å². The molecule has 0 aliphatic carbocycles. The van der Waals surface area contributed by atoms with Crippen LogP contribution in [0.3, 0.4) is 0 Å². The minimum Gasteiger partial charge on any atom is -0.406 e. The van der Waals surface area contributed by atoms with Crippen LogP contribution in [0.15, 0.2) is 42.5 Å². The van der Waals surface area contributed by atoms with Crippen molar-refractivity contribution in [2.75, 3.05) is 0 Å². The largest absolute Gasteiger partial charge is 0.573 e. The maximum atomic E-state index is 12.2. The summed E-state index contributed by atoms with van der Waals surface area (Å²) in [4.78, 5) is 0. The normalized spacial score (nSPS) is 11.4. The molecule has 0 bridgehead atoms. The van der Waals surface area contributed by atoms with Crippen molar-refractivity contribution in [3.8, 4) is 16.9 Å². The lowest BCUT2D eigenvalue weighted by atomic mass is 10.0. The van der Waals surface area contributed by atoms with Crippen LogP contribution >= 0.6 is 11.6 Å². The molecule has 0 saturated carbocycles. The molecule has 0 unspecified atom stereocenters. The molecule has 0 atom stereocenters. The maximum Gasteiger partial charge on any atom is 0.573 e. The Bertz CT molecular complexity index is 573. The van der Waals surface area contributed by atoms with Crippen molar-refractivity contribution in [3.63, 3.8) is 0 Å². The summed E-state index contributed by atoms with van der Waals surface area (Å²) in [6.45, 7) is 1.85. The second kappa shape index (κ2) is 5.13. The highest BCUT2D eigenvalue weighted by atomic mass is 35.5. The smallest absolute Gasteiger partial charge is 0.406 e. The van der Waals surface area contributed by atoms with E-state index in [1.807, 2.05) is 13.0 Å². The van der Waals surface area contributed by atoms with Crippen molar-refractivity contribution in [1.29, 1.82) is 0 Å². The summed E-state index contributed by atoms with van der Waals surface area (Å²) in [6.07, 6.45) is -4.70. The summed E-state index contributed by atoms with van der Waals surface area (Å²) in [5.41, 5.74) is 2.18. The van der Waals surface area contributed by atoms with Crippen molar-refractivity contribution in [1.82, 2.24) is 0 Å². The highest BCUT2D eigenvalue weighted by Crippen LogP contribution is 2.34. The maximum absolute atomic E-state index is 12.2. The molecule has 0 aliphatic rings. The van der Waals surface area contributed by atoms with E-state index in [0.29, 0.717) is 16.1 Å². The molecule has 100 valence electrons. The van der Waals surface area contributed by atoms with E-state index in [1.54, 1.807) is 18.2 Å². The van der Waals surface area contributed by atoms with E-state index in [9.17, 15) is 13.2 Å². The summed E-state index contributed by atoms with van der Waals surface area (Å²) >= 11 is 6.09. The Morgan fingerprint density at radius 3 is 2.37 bits per heavy atom. The predicted octanol–water partition coefficient (Wildman–Crippen LogP) is 5.21. The second-order valence-electron chi connectivity index (χ2n) is 4.01. The highest BCUT2D eigenvalue weighted by Gasteiger charge is 2.31. The number of alkyl halides is 3. The fourth-order valence-electron chi connectivity index (χ4n) is 1.85. The van der Waals surface area contributed by atoms with E-state index in [0.717, 1.165) is 5.56 Å². The number of hydrogen-bond acceptors (Lipinski definition) is 1. The predicted molar refractivity (Wildman–Crippen MR) is 68.3 cm³/mol. The van der Waals surface area contributed by atoms with Gasteiger partial charge < -0.3 is 4.74 Å². The zero-order valence-corrected chi connectivity index (χ0v) is 10.7. The summed E-state index contributed by atoms with van der Waals surface area (Å²) in [5.74, 6) is -0.260. The third kappa shape index (κ3) is 3.41. The Labute approximate surface area is 113 Å². The quantitative estimate of drug-likeness (QED) is 0.736. The lowest BCUT2D eigenvalue weighted by Crippen LogP contribution is -2.17. The summed E-state index contributed by atoms with van der Waals surface area (Å²) in [7, 11) is 0. The molecule has 0 radical (unpaired) electrons. The highest BCUT2D eigenvalue weighted by molar-refractivity contribution is 6.33. The number of aryl methyl sites for hydroxylation is 1. The van der Waals surface area contributed by atoms with E-state index >= 15 is 0 Å². The van der Waals surface area contributed by atoms with Gasteiger partial charge in [0.1, 0.15) is 5.75 Å². The fraction of sp³-hybridized carbons (Fsp3) is 0.143. The van der Waals surface area contributed by atoms with Gasteiger partial charge in [-0.15, -0.1) is 13.2 Å². The second-order valence-corrected chi connectivity index (χ2v) is 4.41. The van der Waals surface area contributed by atoms with Crippen LogP contribution in [0.5, 0.6) is 5.75 Å². The first-order valence-electron chi connectivity index (χ1n) is 5.48. The van der Waals surface area contributed by atoms with Gasteiger partial charge in [-0.2, -0.15) is 0 Å². The van der Waals surface area contributed by atoms with Crippen molar-refractivity contribution < 1.29 is 17.9 Å². The summed E-state index contributed by atoms with van der Waals surface area (Å²) in [6, 6.07) is 11.1. The van der Waals surface area contributed by atoms with Crippen LogP contribution in [0.1, 0.15) is 5.56 Å². The molecular weight excluding hydrogens is 277 g/mol. The van der Waals surface area contributed by atoms with Crippen LogP contribution in [-0.4, -0.2) is 6.36 Å². The molecular formula is C14H10ClF3O. The zero-order chi connectivity index (χ0) is 14.0. The zero-order valence-electron chi connectivity index (χ0n) is 9.96. The Balaban J connectivity index is 2.44. The first kappa shape index (κ1) is 13.7. The van der Waals surface area contributed by atoms with Crippen LogP contribution in [0.4, 0.5) is 13.2 Å². The van der Waals surface area contributed by atoms with Gasteiger partial charge in [-0.1, -0.05) is 35.9 Å². The average Bonchev–Trinajstić information content (AvgIpc) is 2.26. The van der Waals surface area contributed by atoms with Crippen molar-refractivity contribution in [3.05, 3.63) is 53.1 Å². The molecule has 2 aromatic rings. The Morgan fingerprint density at radius 2 is 1.74 bits per heavy atom. The number of rotatable bonds is 2. The molecule has 0 aromatic heterocycles. The Morgan fingerprint density at radius 1 is 1.05 bits per heavy atom. The molecule has 2 aromatic carbocycles. The molecule has 0 N–H and O–H groups in total. The molecule has 0 fully saturated rings. The third-order valence-corrected chi connectivity index (χ3v) is 2.89. The van der Waals surface area contributed by atoms with Crippen LogP contribution in [0.25, 0.3) is 11.1 Å². The first-order valence-corrected chi connectivity index (χ1v) is 5.86. The molecule has 0 heterocycles. The number of halogens is 4. The Hall–Kier alpha value is -1.68. The van der Waals surface area contributed by atoms with Crippen LogP contribution < -0.4 is 4.74 Å². The molecule has 0 saturated heterocycles. The van der Waals surface area contributed by atoms with Crippen LogP contribution in [-0.2, 0) is 0 Å². The molecule has 2 rings (SSSR count). The standard InChI is InChI=1S/C14H10ClF3O/c1-9-4-2-7-12(15)13(9)10-5-3-6-11(8-10)19-14(16,17)18/h2-8H,1H3. The van der Waals surface area contributed by atoms with Crippen LogP contribution in [0.2, 0.25) is 5.02 Å². The molecule has 5 heteroatoms. The molecule has 19 heavy (non-hydrogen) atoms. The van der Waals surface area contributed by atoms with Crippen molar-refractivity contribution in [2.45, 2.75) is 13.3 Å². The van der Waals surface area contributed by atoms with Gasteiger partial charge in [0.2, 0.25) is 0 Å². The molecule has 0 aliphatic heterocycles. The lowest BCUT2D eigenvalue weighted by molar-refractivity contribution is -0.274. The summed E-state index contributed by atoms with van der Waals surface area (Å²) < 4.78 is 40.5. The van der Waals surface area contributed by atoms with Gasteiger partial charge in [0, 0.05) is 10.6 Å². The third-order valence-electron chi connectivity index (χ3n) is 2.58. The number of hydrogen-bond donors (Lipinski definition) is 0. The van der Waals surface area contributed by atoms with Gasteiger partial charge in [0.15, 0.2) is 0 Å². The summed E-state index contributed by atoms with van der Waals surface area (Å²) in [5, 5.41) is 0.490. The minimum atomic E-state index is -4.70. The van der Waals surface area contributed by atoms with E-state index in [2.05, 4.69) is 4.74 Å². The van der Waals surface area contributed by atoms with E-state index in [4.69, 9.17) is 11.6 Å². The van der Waals surface area contributed by atoms with E-state index in [-0.39, 0.29) is 5.75 Å². The first-order chi connectivity index (χ1) is 8.87. The van der Waals surface area contributed by atoms with Crippen LogP contribution in [0, 0.1) is 6.92 Å². The van der Waals surface area contributed by atoms with Crippen molar-refractivity contribution in [2.24, 2.45) is 0 Å². The van der Waals surface area contributed by atoms with Gasteiger partial charge >= 0.3 is 6.36 Å². The molecule has 1 nitrogen and oxygen atoms in total. The fourth-order valence-corrected chi connectivity index (χ4v) is 2.18. The van der Waals surface area contributed by atoms with Crippen molar-refractivity contribution >= 4 is 11.6 Å². The SMILES string of the molecule is Cc1cccc(Cl)c1-c1cccc(OC(F)(F)F)c1. The van der Waals surface area contributed by atoms with Gasteiger partial charge in [-0.3, -0.25) is 0 Å². The molecule has 0 spiro atoms. The van der Waals surface area contributed by atoms with Gasteiger partial charge in [-0.25, -0.2) is 0 Å². The monoisotopic (exact) mass is 286 g/mol. The topological polar surface area (TPSA) is 9.23 Å². The van der Waals surface area contributed by atoms with Gasteiger partial charge in [-0.05, 0) is 36.2 Å². The number of benzene rings is 2. The minimum absolute atomic E-state index is 0.260. The average molecular weight is 287 g/mol. The van der Waals surface area contributed by atoms with Gasteiger partial charge in [0.25, 0.3) is 0 Å². The molecule has 0 amide bonds. The Kier molecular flexibility index (Phi) is 3.71. The van der Waals surface area contributed by atoms with E-state index in [1.165, 1.54) is 18.2 Å². The van der Waals surface area contributed by atoms with E-state index < -0.39 is 6.36 Å². The number of ether oxygens (including phenoxy) is 1. The lowest BCUT2D eigenvalue weighted by Gasteiger charge is -2.12.